The van der Waals surface area contributed by atoms with E-state index in [1.165, 1.54) is 0 Å². The Morgan fingerprint density at radius 2 is 2.22 bits per heavy atom. The van der Waals surface area contributed by atoms with Crippen molar-refractivity contribution in [2.24, 2.45) is 5.16 Å². The van der Waals surface area contributed by atoms with Crippen LogP contribution in [0.15, 0.2) is 42.3 Å². The third-order valence-corrected chi connectivity index (χ3v) is 6.71. The number of aromatic nitrogens is 3. The maximum absolute atomic E-state index is 5.31. The predicted octanol–water partition coefficient (Wildman–Crippen LogP) is 4.38. The molecule has 6 nitrogen and oxygen atoms in total. The van der Waals surface area contributed by atoms with Crippen LogP contribution in [0.2, 0.25) is 0 Å². The molecule has 0 fully saturated rings. The van der Waals surface area contributed by atoms with E-state index < -0.39 is 0 Å². The van der Waals surface area contributed by atoms with Gasteiger partial charge in [-0.2, -0.15) is 0 Å². The van der Waals surface area contributed by atoms with Crippen LogP contribution in [-0.2, 0) is 4.84 Å². The summed E-state index contributed by atoms with van der Waals surface area (Å²) in [6.45, 7) is 6.97. The quantitative estimate of drug-likeness (QED) is 0.363. The van der Waals surface area contributed by atoms with Crippen molar-refractivity contribution in [3.8, 4) is 20.5 Å². The number of thiazole rings is 2. The highest BCUT2D eigenvalue weighted by atomic mass is 32.1. The van der Waals surface area contributed by atoms with Gasteiger partial charge in [0.2, 0.25) is 0 Å². The molecule has 3 aromatic rings. The van der Waals surface area contributed by atoms with Crippen molar-refractivity contribution in [1.29, 1.82) is 0 Å². The Hall–Kier alpha value is -2.58. The summed E-state index contributed by atoms with van der Waals surface area (Å²) in [6, 6.07) is 3.95. The molecular weight excluding hydrogens is 378 g/mol. The average Bonchev–Trinajstić information content (AvgIpc) is 3.29. The van der Waals surface area contributed by atoms with E-state index in [4.69, 9.17) is 14.8 Å². The van der Waals surface area contributed by atoms with Crippen LogP contribution in [-0.4, -0.2) is 40.9 Å². The van der Waals surface area contributed by atoms with Gasteiger partial charge in [0.15, 0.2) is 0 Å². The smallest absolute Gasteiger partial charge is 0.138 e. The van der Waals surface area contributed by atoms with Gasteiger partial charge in [-0.3, -0.25) is 4.98 Å². The van der Waals surface area contributed by atoms with Gasteiger partial charge in [0.25, 0.3) is 0 Å². The SMILES string of the molecule is C=CCON=C1CCN(C)c2sc(-c3sc(-c4cccnc4)nc3C)nc21. The molecule has 1 aliphatic heterocycles. The first-order chi connectivity index (χ1) is 13.2. The minimum absolute atomic E-state index is 0.397. The summed E-state index contributed by atoms with van der Waals surface area (Å²) in [5.41, 5.74) is 3.80. The molecule has 27 heavy (non-hydrogen) atoms. The van der Waals surface area contributed by atoms with E-state index in [-0.39, 0.29) is 0 Å². The molecule has 1 aliphatic rings. The molecule has 0 aromatic carbocycles. The molecule has 0 aliphatic carbocycles. The van der Waals surface area contributed by atoms with E-state index in [0.717, 1.165) is 55.5 Å². The first kappa shape index (κ1) is 17.8. The topological polar surface area (TPSA) is 63.5 Å². The van der Waals surface area contributed by atoms with E-state index >= 15 is 0 Å². The lowest BCUT2D eigenvalue weighted by atomic mass is 10.1. The fraction of sp³-hybridized carbons (Fsp3) is 0.263. The molecule has 0 unspecified atom stereocenters. The number of aryl methyl sites for hydroxylation is 1. The lowest BCUT2D eigenvalue weighted by molar-refractivity contribution is 0.174. The van der Waals surface area contributed by atoms with Crippen LogP contribution in [0.4, 0.5) is 5.00 Å². The molecule has 4 rings (SSSR count). The van der Waals surface area contributed by atoms with Gasteiger partial charge in [-0.15, -0.1) is 11.3 Å². The third kappa shape index (κ3) is 3.50. The summed E-state index contributed by atoms with van der Waals surface area (Å²) in [6.07, 6.45) is 6.11. The van der Waals surface area contributed by atoms with Crippen LogP contribution in [0.5, 0.6) is 0 Å². The van der Waals surface area contributed by atoms with Crippen LogP contribution >= 0.6 is 22.7 Å². The zero-order valence-corrected chi connectivity index (χ0v) is 16.8. The van der Waals surface area contributed by atoms with Crippen LogP contribution in [0, 0.1) is 6.92 Å². The molecule has 4 heterocycles. The number of oxime groups is 1. The Kier molecular flexibility index (Phi) is 5.00. The second-order valence-electron chi connectivity index (χ2n) is 6.14. The Balaban J connectivity index is 1.72. The number of hydrogen-bond donors (Lipinski definition) is 0. The van der Waals surface area contributed by atoms with Gasteiger partial charge in [0, 0.05) is 38.0 Å². The van der Waals surface area contributed by atoms with E-state index in [9.17, 15) is 0 Å². The molecule has 0 saturated heterocycles. The highest BCUT2D eigenvalue weighted by Gasteiger charge is 2.27. The van der Waals surface area contributed by atoms with E-state index in [1.807, 2.05) is 25.3 Å². The van der Waals surface area contributed by atoms with Crippen LogP contribution in [0.25, 0.3) is 20.5 Å². The van der Waals surface area contributed by atoms with Gasteiger partial charge in [-0.25, -0.2) is 9.97 Å². The lowest BCUT2D eigenvalue weighted by Gasteiger charge is -2.23. The van der Waals surface area contributed by atoms with Crippen molar-refractivity contribution in [2.45, 2.75) is 13.3 Å². The molecule has 8 heteroatoms. The van der Waals surface area contributed by atoms with Gasteiger partial charge < -0.3 is 9.74 Å². The van der Waals surface area contributed by atoms with Crippen molar-refractivity contribution in [2.75, 3.05) is 25.1 Å². The standard InChI is InChI=1S/C19H19N5OS2/c1-4-10-25-23-14-7-9-24(3)19-15(14)22-18(27-19)16-12(2)21-17(26-16)13-6-5-8-20-11-13/h4-6,8,11H,1,7,9-10H2,2-3H3. The molecule has 0 bridgehead atoms. The Morgan fingerprint density at radius 1 is 1.33 bits per heavy atom. The summed E-state index contributed by atoms with van der Waals surface area (Å²) >= 11 is 3.32. The molecule has 3 aromatic heterocycles. The summed E-state index contributed by atoms with van der Waals surface area (Å²) in [5.74, 6) is 0. The molecular formula is C19H19N5OS2. The number of pyridine rings is 1. The summed E-state index contributed by atoms with van der Waals surface area (Å²) in [7, 11) is 2.09. The summed E-state index contributed by atoms with van der Waals surface area (Å²) < 4.78 is 0. The second-order valence-corrected chi connectivity index (χ2v) is 8.12. The monoisotopic (exact) mass is 397 g/mol. The second kappa shape index (κ2) is 7.58. The normalized spacial score (nSPS) is 15.0. The fourth-order valence-corrected chi connectivity index (χ4v) is 5.07. The zero-order chi connectivity index (χ0) is 18.8. The molecule has 0 N–H and O–H groups in total. The summed E-state index contributed by atoms with van der Waals surface area (Å²) in [4.78, 5) is 22.4. The largest absolute Gasteiger partial charge is 0.391 e. The number of rotatable bonds is 5. The van der Waals surface area contributed by atoms with Gasteiger partial charge in [-0.05, 0) is 19.1 Å². The number of nitrogens with zero attached hydrogens (tertiary/aromatic N) is 5. The molecule has 0 radical (unpaired) electrons. The first-order valence-corrected chi connectivity index (χ1v) is 10.2. The van der Waals surface area contributed by atoms with E-state index in [0.29, 0.717) is 6.61 Å². The van der Waals surface area contributed by atoms with Crippen LogP contribution in [0.1, 0.15) is 17.8 Å². The minimum Gasteiger partial charge on any atom is -0.391 e. The lowest BCUT2D eigenvalue weighted by Crippen LogP contribution is -2.27. The van der Waals surface area contributed by atoms with Gasteiger partial charge >= 0.3 is 0 Å². The molecule has 0 spiro atoms. The summed E-state index contributed by atoms with van der Waals surface area (Å²) in [5, 5.41) is 7.32. The fourth-order valence-electron chi connectivity index (χ4n) is 2.81. The minimum atomic E-state index is 0.397. The van der Waals surface area contributed by atoms with Crippen molar-refractivity contribution < 1.29 is 4.84 Å². The number of fused-ring (bicyclic) bond motifs is 1. The third-order valence-electron chi connectivity index (χ3n) is 4.18. The molecule has 0 atom stereocenters. The van der Waals surface area contributed by atoms with Crippen LogP contribution in [0.3, 0.4) is 0 Å². The number of hydrogen-bond acceptors (Lipinski definition) is 8. The first-order valence-electron chi connectivity index (χ1n) is 8.57. The van der Waals surface area contributed by atoms with Gasteiger partial charge in [-0.1, -0.05) is 29.1 Å². The Labute approximate surface area is 165 Å². The molecule has 0 amide bonds. The Morgan fingerprint density at radius 3 is 3.00 bits per heavy atom. The van der Waals surface area contributed by atoms with Crippen molar-refractivity contribution in [3.05, 3.63) is 48.6 Å². The van der Waals surface area contributed by atoms with Crippen LogP contribution < -0.4 is 4.90 Å². The number of anilines is 1. The highest BCUT2D eigenvalue weighted by molar-refractivity contribution is 7.25. The van der Waals surface area contributed by atoms with Crippen molar-refractivity contribution in [3.63, 3.8) is 0 Å². The zero-order valence-electron chi connectivity index (χ0n) is 15.2. The molecule has 138 valence electrons. The van der Waals surface area contributed by atoms with Gasteiger partial charge in [0.1, 0.15) is 33.0 Å². The van der Waals surface area contributed by atoms with Crippen molar-refractivity contribution >= 4 is 33.4 Å². The maximum atomic E-state index is 5.31. The molecule has 0 saturated carbocycles. The van der Waals surface area contributed by atoms with E-state index in [1.54, 1.807) is 34.9 Å². The average molecular weight is 398 g/mol. The van der Waals surface area contributed by atoms with Crippen molar-refractivity contribution in [1.82, 2.24) is 15.0 Å². The van der Waals surface area contributed by atoms with Gasteiger partial charge in [0.05, 0.1) is 10.6 Å². The predicted molar refractivity (Wildman–Crippen MR) is 112 cm³/mol. The highest BCUT2D eigenvalue weighted by Crippen LogP contribution is 2.42. The van der Waals surface area contributed by atoms with E-state index in [2.05, 4.69) is 28.7 Å². The maximum Gasteiger partial charge on any atom is 0.138 e. The Bertz CT molecular complexity index is 993.